The van der Waals surface area contributed by atoms with Gasteiger partial charge < -0.3 is 33.7 Å². The first-order valence-corrected chi connectivity index (χ1v) is 12.2. The molecule has 2 aromatic carbocycles. The molecule has 0 radical (unpaired) electrons. The van der Waals surface area contributed by atoms with E-state index in [-0.39, 0.29) is 11.3 Å². The lowest BCUT2D eigenvalue weighted by Gasteiger charge is -2.31. The Morgan fingerprint density at radius 3 is 2.43 bits per heavy atom. The molecular weight excluding hydrogens is 480 g/mol. The fourth-order valence-electron chi connectivity index (χ4n) is 4.90. The summed E-state index contributed by atoms with van der Waals surface area (Å²) in [4.78, 5) is 30.4. The molecule has 5 rings (SSSR count). The van der Waals surface area contributed by atoms with Gasteiger partial charge in [-0.15, -0.1) is 0 Å². The van der Waals surface area contributed by atoms with E-state index in [1.165, 1.54) is 12.0 Å². The number of hydrogen-bond donors (Lipinski definition) is 1. The highest BCUT2D eigenvalue weighted by molar-refractivity contribution is 6.46. The summed E-state index contributed by atoms with van der Waals surface area (Å²) in [6.45, 7) is 4.42. The topological polar surface area (TPSA) is 107 Å². The number of fused-ring (bicyclic) bond motifs is 1. The molecule has 0 saturated carbocycles. The second-order valence-electron chi connectivity index (χ2n) is 8.91. The predicted octanol–water partition coefficient (Wildman–Crippen LogP) is 2.23. The molecule has 10 heteroatoms. The van der Waals surface area contributed by atoms with Crippen LogP contribution in [0.15, 0.2) is 42.0 Å². The molecule has 0 aliphatic carbocycles. The quantitative estimate of drug-likeness (QED) is 0.341. The largest absolute Gasteiger partial charge is 0.507 e. The normalized spacial score (nSPS) is 21.2. The van der Waals surface area contributed by atoms with Crippen molar-refractivity contribution >= 4 is 17.4 Å². The number of likely N-dealkylation sites (tertiary alicyclic amines) is 1. The third kappa shape index (κ3) is 4.82. The maximum absolute atomic E-state index is 13.4. The standard InChI is InChI=1S/C27H30N2O8/c1-33-18-4-5-19(21(16-18)34-2)24-23(25(30)17-3-6-20-22(15-17)37-14-13-36-20)26(31)27(32)29(24)8-7-28-9-11-35-12-10-28/h3-6,15-16,24,30H,7-14H2,1-2H3/b25-23+. The van der Waals surface area contributed by atoms with Crippen molar-refractivity contribution in [1.29, 1.82) is 0 Å². The van der Waals surface area contributed by atoms with Gasteiger partial charge in [-0.05, 0) is 30.3 Å². The minimum Gasteiger partial charge on any atom is -0.507 e. The van der Waals surface area contributed by atoms with Gasteiger partial charge in [0, 0.05) is 43.4 Å². The minimum absolute atomic E-state index is 0.00729. The van der Waals surface area contributed by atoms with Gasteiger partial charge in [-0.2, -0.15) is 0 Å². The Kier molecular flexibility index (Phi) is 7.20. The number of nitrogens with zero attached hydrogens (tertiary/aromatic N) is 2. The van der Waals surface area contributed by atoms with Crippen molar-refractivity contribution < 1.29 is 38.4 Å². The van der Waals surface area contributed by atoms with Crippen LogP contribution in [0.4, 0.5) is 0 Å². The van der Waals surface area contributed by atoms with Crippen LogP contribution in [0.3, 0.4) is 0 Å². The number of amides is 1. The molecule has 2 saturated heterocycles. The highest BCUT2D eigenvalue weighted by Gasteiger charge is 2.47. The van der Waals surface area contributed by atoms with Crippen molar-refractivity contribution in [2.75, 3.05) is 66.8 Å². The third-order valence-corrected chi connectivity index (χ3v) is 6.85. The van der Waals surface area contributed by atoms with Gasteiger partial charge in [0.1, 0.15) is 30.5 Å². The van der Waals surface area contributed by atoms with Crippen LogP contribution >= 0.6 is 0 Å². The zero-order chi connectivity index (χ0) is 25.9. The third-order valence-electron chi connectivity index (χ3n) is 6.85. The number of aliphatic hydroxyl groups is 1. The van der Waals surface area contributed by atoms with Gasteiger partial charge in [0.25, 0.3) is 11.7 Å². The Morgan fingerprint density at radius 2 is 1.70 bits per heavy atom. The Morgan fingerprint density at radius 1 is 0.946 bits per heavy atom. The lowest BCUT2D eigenvalue weighted by Crippen LogP contribution is -2.42. The molecule has 196 valence electrons. The van der Waals surface area contributed by atoms with Crippen molar-refractivity contribution in [2.45, 2.75) is 6.04 Å². The molecule has 10 nitrogen and oxygen atoms in total. The zero-order valence-electron chi connectivity index (χ0n) is 20.9. The smallest absolute Gasteiger partial charge is 0.295 e. The van der Waals surface area contributed by atoms with Gasteiger partial charge in [0.15, 0.2) is 11.5 Å². The average molecular weight is 511 g/mol. The Balaban J connectivity index is 1.58. The van der Waals surface area contributed by atoms with Crippen LogP contribution in [0.5, 0.6) is 23.0 Å². The van der Waals surface area contributed by atoms with Gasteiger partial charge >= 0.3 is 0 Å². The van der Waals surface area contributed by atoms with Gasteiger partial charge in [0.05, 0.1) is 39.0 Å². The molecule has 2 aromatic rings. The first kappa shape index (κ1) is 24.9. The minimum atomic E-state index is -0.852. The summed E-state index contributed by atoms with van der Waals surface area (Å²) in [6.07, 6.45) is 0. The van der Waals surface area contributed by atoms with E-state index in [1.54, 1.807) is 43.5 Å². The van der Waals surface area contributed by atoms with E-state index in [0.29, 0.717) is 73.6 Å². The number of methoxy groups -OCH3 is 2. The van der Waals surface area contributed by atoms with Gasteiger partial charge in [-0.25, -0.2) is 0 Å². The SMILES string of the molecule is COc1ccc(C2/C(=C(\O)c3ccc4c(c3)OCCO4)C(=O)C(=O)N2CCN2CCOCC2)c(OC)c1. The predicted molar refractivity (Wildman–Crippen MR) is 133 cm³/mol. The number of ketones is 1. The van der Waals surface area contributed by atoms with Crippen LogP contribution in [-0.4, -0.2) is 93.4 Å². The Hall–Kier alpha value is -3.76. The van der Waals surface area contributed by atoms with Crippen LogP contribution in [0.1, 0.15) is 17.2 Å². The number of Topliss-reactive ketones (excluding diaryl/α,β-unsaturated/α-hetero) is 1. The molecule has 0 bridgehead atoms. The summed E-state index contributed by atoms with van der Waals surface area (Å²) in [5.41, 5.74) is 0.920. The van der Waals surface area contributed by atoms with Crippen molar-refractivity contribution in [3.05, 3.63) is 53.1 Å². The zero-order valence-corrected chi connectivity index (χ0v) is 20.9. The van der Waals surface area contributed by atoms with Crippen LogP contribution in [0.2, 0.25) is 0 Å². The van der Waals surface area contributed by atoms with Crippen LogP contribution in [0.25, 0.3) is 5.76 Å². The number of carbonyl (C=O) groups is 2. The van der Waals surface area contributed by atoms with Crippen LogP contribution in [-0.2, 0) is 14.3 Å². The molecule has 2 fully saturated rings. The van der Waals surface area contributed by atoms with Gasteiger partial charge in [-0.3, -0.25) is 14.5 Å². The summed E-state index contributed by atoms with van der Waals surface area (Å²) in [7, 11) is 3.06. The first-order valence-electron chi connectivity index (χ1n) is 12.2. The molecule has 1 amide bonds. The second-order valence-corrected chi connectivity index (χ2v) is 8.91. The summed E-state index contributed by atoms with van der Waals surface area (Å²) in [6, 6.07) is 9.29. The summed E-state index contributed by atoms with van der Waals surface area (Å²) >= 11 is 0. The number of benzene rings is 2. The molecule has 3 heterocycles. The Labute approximate surface area is 214 Å². The molecule has 0 spiro atoms. The number of hydrogen-bond acceptors (Lipinski definition) is 9. The van der Waals surface area contributed by atoms with Crippen molar-refractivity contribution in [3.8, 4) is 23.0 Å². The number of morpholine rings is 1. The Bertz CT molecular complexity index is 1220. The van der Waals surface area contributed by atoms with E-state index >= 15 is 0 Å². The van der Waals surface area contributed by atoms with Crippen molar-refractivity contribution in [1.82, 2.24) is 9.80 Å². The summed E-state index contributed by atoms with van der Waals surface area (Å²) in [5, 5.41) is 11.4. The lowest BCUT2D eigenvalue weighted by atomic mass is 9.94. The first-order chi connectivity index (χ1) is 18.0. The monoisotopic (exact) mass is 510 g/mol. The average Bonchev–Trinajstić information content (AvgIpc) is 3.20. The van der Waals surface area contributed by atoms with Crippen molar-refractivity contribution in [3.63, 3.8) is 0 Å². The van der Waals surface area contributed by atoms with Gasteiger partial charge in [0.2, 0.25) is 0 Å². The maximum Gasteiger partial charge on any atom is 0.295 e. The molecular formula is C27H30N2O8. The fourth-order valence-corrected chi connectivity index (χ4v) is 4.90. The fraction of sp³-hybridized carbons (Fsp3) is 0.407. The molecule has 0 aromatic heterocycles. The van der Waals surface area contributed by atoms with E-state index < -0.39 is 17.7 Å². The van der Waals surface area contributed by atoms with Crippen molar-refractivity contribution in [2.24, 2.45) is 0 Å². The number of rotatable bonds is 7. The molecule has 1 unspecified atom stereocenters. The van der Waals surface area contributed by atoms with E-state index in [9.17, 15) is 14.7 Å². The van der Waals surface area contributed by atoms with E-state index in [2.05, 4.69) is 4.90 Å². The van der Waals surface area contributed by atoms with E-state index in [0.717, 1.165) is 13.1 Å². The number of ether oxygens (including phenoxy) is 5. The summed E-state index contributed by atoms with van der Waals surface area (Å²) < 4.78 is 27.6. The highest BCUT2D eigenvalue weighted by atomic mass is 16.6. The maximum atomic E-state index is 13.4. The molecule has 1 atom stereocenters. The number of aliphatic hydroxyl groups excluding tert-OH is 1. The summed E-state index contributed by atoms with van der Waals surface area (Å²) in [5.74, 6) is 0.325. The number of carbonyl (C=O) groups excluding carboxylic acids is 2. The van der Waals surface area contributed by atoms with E-state index in [4.69, 9.17) is 23.7 Å². The lowest BCUT2D eigenvalue weighted by molar-refractivity contribution is -0.140. The molecule has 37 heavy (non-hydrogen) atoms. The van der Waals surface area contributed by atoms with Gasteiger partial charge in [-0.1, -0.05) is 0 Å². The van der Waals surface area contributed by atoms with Crippen LogP contribution < -0.4 is 18.9 Å². The molecule has 3 aliphatic rings. The highest BCUT2D eigenvalue weighted by Crippen LogP contribution is 2.44. The van der Waals surface area contributed by atoms with E-state index in [1.807, 2.05) is 0 Å². The second kappa shape index (κ2) is 10.7. The molecule has 1 N–H and O–H groups in total. The molecule has 3 aliphatic heterocycles. The van der Waals surface area contributed by atoms with Crippen LogP contribution in [0, 0.1) is 0 Å².